The van der Waals surface area contributed by atoms with Gasteiger partial charge in [0, 0.05) is 9.38 Å². The van der Waals surface area contributed by atoms with Gasteiger partial charge in [0.2, 0.25) is 9.84 Å². The van der Waals surface area contributed by atoms with Gasteiger partial charge in [0.25, 0.3) is 0 Å². The van der Waals surface area contributed by atoms with E-state index in [9.17, 15) is 8.42 Å². The predicted molar refractivity (Wildman–Crippen MR) is 81.6 cm³/mol. The Labute approximate surface area is 123 Å². The molecule has 0 fully saturated rings. The van der Waals surface area contributed by atoms with Crippen LogP contribution in [0.1, 0.15) is 26.7 Å². The predicted octanol–water partition coefficient (Wildman–Crippen LogP) is 4.48. The average Bonchev–Trinajstić information content (AvgIpc) is 2.39. The van der Waals surface area contributed by atoms with Gasteiger partial charge >= 0.3 is 0 Å². The molecule has 0 saturated carbocycles. The normalized spacial score (nSPS) is 16.2. The summed E-state index contributed by atoms with van der Waals surface area (Å²) in [5.74, 6) is 0.357. The van der Waals surface area contributed by atoms with Gasteiger partial charge in [-0.2, -0.15) is 0 Å². The minimum Gasteiger partial charge on any atom is -0.219 e. The van der Waals surface area contributed by atoms with Gasteiger partial charge in [-0.15, -0.1) is 0 Å². The molecule has 4 heteroatoms. The molecule has 1 aromatic rings. The van der Waals surface area contributed by atoms with Crippen molar-refractivity contribution >= 4 is 25.8 Å². The number of halogens is 1. The lowest BCUT2D eigenvalue weighted by Gasteiger charge is -2.16. The highest BCUT2D eigenvalue weighted by Crippen LogP contribution is 2.30. The summed E-state index contributed by atoms with van der Waals surface area (Å²) in [4.78, 5) is 0.896. The van der Waals surface area contributed by atoms with Crippen molar-refractivity contribution in [1.82, 2.24) is 0 Å². The van der Waals surface area contributed by atoms with Crippen LogP contribution in [0.15, 0.2) is 56.3 Å². The van der Waals surface area contributed by atoms with Crippen LogP contribution in [-0.4, -0.2) is 8.42 Å². The first-order valence-corrected chi connectivity index (χ1v) is 8.60. The third kappa shape index (κ3) is 3.18. The highest BCUT2D eigenvalue weighted by molar-refractivity contribution is 9.10. The van der Waals surface area contributed by atoms with E-state index in [4.69, 9.17) is 0 Å². The van der Waals surface area contributed by atoms with Crippen LogP contribution in [0.4, 0.5) is 0 Å². The van der Waals surface area contributed by atoms with E-state index in [-0.39, 0.29) is 0 Å². The first-order chi connectivity index (χ1) is 8.91. The smallest absolute Gasteiger partial charge is 0.202 e. The van der Waals surface area contributed by atoms with Crippen LogP contribution in [0.5, 0.6) is 0 Å². The summed E-state index contributed by atoms with van der Waals surface area (Å²) in [6, 6.07) is 6.81. The van der Waals surface area contributed by atoms with Gasteiger partial charge in [0.1, 0.15) is 0 Å². The molecule has 1 aromatic carbocycles. The first-order valence-electron chi connectivity index (χ1n) is 6.32. The monoisotopic (exact) mass is 340 g/mol. The minimum absolute atomic E-state index is 0.357. The summed E-state index contributed by atoms with van der Waals surface area (Å²) in [5, 5.41) is 0. The van der Waals surface area contributed by atoms with Gasteiger partial charge in [0.05, 0.1) is 4.90 Å². The SMILES string of the molecule is CC(C)C1=CCCC(S(=O)(=O)c2ccc(Br)cc2)=C1. The first kappa shape index (κ1) is 14.5. The molecule has 0 aliphatic heterocycles. The fourth-order valence-corrected chi connectivity index (χ4v) is 3.82. The van der Waals surface area contributed by atoms with Crippen molar-refractivity contribution in [2.75, 3.05) is 0 Å². The molecule has 0 saturated heterocycles. The molecule has 0 aromatic heterocycles. The third-order valence-corrected chi connectivity index (χ3v) is 5.67. The van der Waals surface area contributed by atoms with E-state index >= 15 is 0 Å². The Morgan fingerprint density at radius 1 is 1.16 bits per heavy atom. The van der Waals surface area contributed by atoms with E-state index in [1.54, 1.807) is 24.3 Å². The molecular formula is C15H17BrO2S. The van der Waals surface area contributed by atoms with Crippen molar-refractivity contribution in [2.45, 2.75) is 31.6 Å². The van der Waals surface area contributed by atoms with Crippen molar-refractivity contribution in [3.8, 4) is 0 Å². The fraction of sp³-hybridized carbons (Fsp3) is 0.333. The molecule has 0 radical (unpaired) electrons. The average molecular weight is 341 g/mol. The number of allylic oxidation sites excluding steroid dienone is 4. The molecule has 0 bridgehead atoms. The number of hydrogen-bond acceptors (Lipinski definition) is 2. The maximum absolute atomic E-state index is 12.6. The molecule has 0 heterocycles. The van der Waals surface area contributed by atoms with Crippen LogP contribution in [-0.2, 0) is 9.84 Å². The number of hydrogen-bond donors (Lipinski definition) is 0. The molecule has 2 rings (SSSR count). The summed E-state index contributed by atoms with van der Waals surface area (Å²) in [5.41, 5.74) is 1.11. The summed E-state index contributed by atoms with van der Waals surface area (Å²) in [6.45, 7) is 4.16. The molecule has 1 aliphatic rings. The zero-order chi connectivity index (χ0) is 14.0. The highest BCUT2D eigenvalue weighted by Gasteiger charge is 2.22. The van der Waals surface area contributed by atoms with E-state index in [1.807, 2.05) is 6.08 Å². The van der Waals surface area contributed by atoms with Crippen LogP contribution >= 0.6 is 15.9 Å². The van der Waals surface area contributed by atoms with E-state index in [0.717, 1.165) is 16.5 Å². The lowest BCUT2D eigenvalue weighted by Crippen LogP contribution is -2.09. The second kappa shape index (κ2) is 5.63. The maximum Gasteiger partial charge on any atom is 0.202 e. The Morgan fingerprint density at radius 3 is 2.37 bits per heavy atom. The third-order valence-electron chi connectivity index (χ3n) is 3.23. The van der Waals surface area contributed by atoms with Crippen LogP contribution in [0.3, 0.4) is 0 Å². The van der Waals surface area contributed by atoms with Gasteiger partial charge in [-0.25, -0.2) is 8.42 Å². The molecule has 19 heavy (non-hydrogen) atoms. The number of rotatable bonds is 3. The number of sulfone groups is 1. The summed E-state index contributed by atoms with van der Waals surface area (Å²) >= 11 is 3.32. The molecule has 102 valence electrons. The maximum atomic E-state index is 12.6. The lowest BCUT2D eigenvalue weighted by atomic mass is 9.97. The Balaban J connectivity index is 2.40. The van der Waals surface area contributed by atoms with E-state index in [1.165, 1.54) is 0 Å². The molecule has 0 atom stereocenters. The summed E-state index contributed by atoms with van der Waals surface area (Å²) in [6.07, 6.45) is 5.36. The van der Waals surface area contributed by atoms with Gasteiger partial charge in [-0.1, -0.05) is 35.9 Å². The van der Waals surface area contributed by atoms with E-state index < -0.39 is 9.84 Å². The minimum atomic E-state index is -3.35. The summed E-state index contributed by atoms with van der Waals surface area (Å²) < 4.78 is 26.0. The largest absolute Gasteiger partial charge is 0.219 e. The van der Waals surface area contributed by atoms with Crippen molar-refractivity contribution in [3.63, 3.8) is 0 Å². The second-order valence-corrected chi connectivity index (χ2v) is 7.88. The quantitative estimate of drug-likeness (QED) is 0.812. The van der Waals surface area contributed by atoms with Gasteiger partial charge < -0.3 is 0 Å². The molecule has 0 spiro atoms. The van der Waals surface area contributed by atoms with Crippen molar-refractivity contribution in [2.24, 2.45) is 5.92 Å². The van der Waals surface area contributed by atoms with Crippen LogP contribution in [0.25, 0.3) is 0 Å². The Kier molecular flexibility index (Phi) is 4.31. The Hall–Kier alpha value is -0.870. The lowest BCUT2D eigenvalue weighted by molar-refractivity contribution is 0.599. The molecule has 1 aliphatic carbocycles. The second-order valence-electron chi connectivity index (χ2n) is 4.97. The zero-order valence-electron chi connectivity index (χ0n) is 11.1. The van der Waals surface area contributed by atoms with Gasteiger partial charge in [-0.3, -0.25) is 0 Å². The zero-order valence-corrected chi connectivity index (χ0v) is 13.5. The van der Waals surface area contributed by atoms with Crippen LogP contribution in [0.2, 0.25) is 0 Å². The van der Waals surface area contributed by atoms with E-state index in [2.05, 4.69) is 35.9 Å². The Bertz CT molecular complexity index is 623. The number of benzene rings is 1. The standard InChI is InChI=1S/C15H17BrO2S/c1-11(2)12-4-3-5-15(10-12)19(17,18)14-8-6-13(16)7-9-14/h4,6-11H,3,5H2,1-2H3. The highest BCUT2D eigenvalue weighted by atomic mass is 79.9. The summed E-state index contributed by atoms with van der Waals surface area (Å²) in [7, 11) is -3.35. The van der Waals surface area contributed by atoms with Gasteiger partial charge in [-0.05, 0) is 54.7 Å². The van der Waals surface area contributed by atoms with E-state index in [0.29, 0.717) is 22.1 Å². The molecule has 2 nitrogen and oxygen atoms in total. The van der Waals surface area contributed by atoms with Crippen LogP contribution < -0.4 is 0 Å². The molecule has 0 amide bonds. The van der Waals surface area contributed by atoms with Crippen molar-refractivity contribution in [1.29, 1.82) is 0 Å². The fourth-order valence-electron chi connectivity index (χ4n) is 2.08. The molecule has 0 unspecified atom stereocenters. The molecular weight excluding hydrogens is 324 g/mol. The van der Waals surface area contributed by atoms with Crippen molar-refractivity contribution in [3.05, 3.63) is 51.4 Å². The van der Waals surface area contributed by atoms with Gasteiger partial charge in [0.15, 0.2) is 0 Å². The van der Waals surface area contributed by atoms with Crippen LogP contribution in [0, 0.1) is 5.92 Å². The Morgan fingerprint density at radius 2 is 1.79 bits per heavy atom. The topological polar surface area (TPSA) is 34.1 Å². The van der Waals surface area contributed by atoms with Crippen molar-refractivity contribution < 1.29 is 8.42 Å². The molecule has 0 N–H and O–H groups in total.